The molecule has 0 bridgehead atoms. The number of nitrogens with zero attached hydrogens (tertiary/aromatic N) is 3. The smallest absolute Gasteiger partial charge is 0.170 e. The van der Waals surface area contributed by atoms with Crippen LogP contribution in [0.1, 0.15) is 25.1 Å². The number of pyridine rings is 1. The highest BCUT2D eigenvalue weighted by molar-refractivity contribution is 8.00. The molecule has 0 aromatic carbocycles. The van der Waals surface area contributed by atoms with E-state index in [1.807, 2.05) is 30.8 Å². The van der Waals surface area contributed by atoms with Crippen LogP contribution in [0.2, 0.25) is 0 Å². The molecule has 1 saturated heterocycles. The van der Waals surface area contributed by atoms with Gasteiger partial charge in [0.15, 0.2) is 5.84 Å². The van der Waals surface area contributed by atoms with Gasteiger partial charge in [0.1, 0.15) is 5.82 Å². The molecule has 1 aliphatic rings. The number of anilines is 1. The minimum atomic E-state index is 0.124. The van der Waals surface area contributed by atoms with E-state index in [0.29, 0.717) is 16.9 Å². The topological polar surface area (TPSA) is 74.7 Å². The van der Waals surface area contributed by atoms with E-state index in [1.165, 1.54) is 0 Å². The first kappa shape index (κ1) is 14.0. The Morgan fingerprint density at radius 1 is 1.53 bits per heavy atom. The Balaban J connectivity index is 2.36. The summed E-state index contributed by atoms with van der Waals surface area (Å²) in [7, 11) is 0. The quantitative estimate of drug-likeness (QED) is 0.374. The maximum atomic E-state index is 8.80. The molecule has 1 aromatic heterocycles. The average molecular weight is 280 g/mol. The van der Waals surface area contributed by atoms with Crippen LogP contribution in [0.15, 0.2) is 17.3 Å². The molecule has 2 rings (SSSR count). The van der Waals surface area contributed by atoms with Crippen molar-refractivity contribution in [1.29, 1.82) is 0 Å². The molecular weight excluding hydrogens is 260 g/mol. The van der Waals surface area contributed by atoms with Crippen molar-refractivity contribution in [2.45, 2.75) is 32.1 Å². The second kappa shape index (κ2) is 5.69. The first-order valence-corrected chi connectivity index (χ1v) is 7.42. The third-order valence-corrected chi connectivity index (χ3v) is 4.86. The summed E-state index contributed by atoms with van der Waals surface area (Å²) in [4.78, 5) is 6.88. The summed E-state index contributed by atoms with van der Waals surface area (Å²) in [5, 5.41) is 12.4. The fourth-order valence-corrected chi connectivity index (χ4v) is 3.36. The zero-order chi connectivity index (χ0) is 14.0. The summed E-state index contributed by atoms with van der Waals surface area (Å²) in [5.41, 5.74) is 7.26. The lowest BCUT2D eigenvalue weighted by Crippen LogP contribution is -2.45. The van der Waals surface area contributed by atoms with Gasteiger partial charge >= 0.3 is 0 Å². The molecule has 0 amide bonds. The molecule has 1 aliphatic heterocycles. The summed E-state index contributed by atoms with van der Waals surface area (Å²) in [5.74, 6) is 2.13. The van der Waals surface area contributed by atoms with Gasteiger partial charge in [-0.05, 0) is 26.0 Å². The molecule has 0 spiro atoms. The molecule has 3 N–H and O–H groups in total. The summed E-state index contributed by atoms with van der Waals surface area (Å²) in [6, 6.07) is 4.14. The molecule has 2 heterocycles. The van der Waals surface area contributed by atoms with Crippen molar-refractivity contribution in [2.24, 2.45) is 10.9 Å². The zero-order valence-electron chi connectivity index (χ0n) is 11.5. The standard InChI is InChI=1S/C13H20N4OS/c1-8-6-11(13(14)16-18)7-12(15-8)17-4-5-19-10(3)9(17)2/h6-7,9-10,18H,4-5H2,1-3H3,(H2,14,16). The summed E-state index contributed by atoms with van der Waals surface area (Å²) in [6.45, 7) is 7.35. The van der Waals surface area contributed by atoms with Gasteiger partial charge in [-0.2, -0.15) is 11.8 Å². The average Bonchev–Trinajstić information content (AvgIpc) is 2.40. The number of hydrogen-bond donors (Lipinski definition) is 2. The molecule has 0 radical (unpaired) electrons. The van der Waals surface area contributed by atoms with Crippen molar-refractivity contribution in [2.75, 3.05) is 17.2 Å². The number of amidine groups is 1. The Morgan fingerprint density at radius 3 is 2.95 bits per heavy atom. The summed E-state index contributed by atoms with van der Waals surface area (Å²) in [6.07, 6.45) is 0. The van der Waals surface area contributed by atoms with Gasteiger partial charge in [-0.3, -0.25) is 0 Å². The van der Waals surface area contributed by atoms with Gasteiger partial charge in [-0.1, -0.05) is 12.1 Å². The van der Waals surface area contributed by atoms with E-state index in [2.05, 4.69) is 28.9 Å². The lowest BCUT2D eigenvalue weighted by molar-refractivity contribution is 0.318. The van der Waals surface area contributed by atoms with Crippen molar-refractivity contribution in [3.63, 3.8) is 0 Å². The van der Waals surface area contributed by atoms with Crippen LogP contribution < -0.4 is 10.6 Å². The molecule has 2 atom stereocenters. The lowest BCUT2D eigenvalue weighted by atomic mass is 10.1. The molecular formula is C13H20N4OS. The van der Waals surface area contributed by atoms with Crippen molar-refractivity contribution >= 4 is 23.4 Å². The predicted octanol–water partition coefficient (Wildman–Crippen LogP) is 1.81. The number of aryl methyl sites for hydroxylation is 1. The number of rotatable bonds is 2. The second-order valence-corrected chi connectivity index (χ2v) is 6.34. The number of thioether (sulfide) groups is 1. The lowest BCUT2D eigenvalue weighted by Gasteiger charge is -2.38. The second-order valence-electron chi connectivity index (χ2n) is 4.85. The Kier molecular flexibility index (Phi) is 4.19. The van der Waals surface area contributed by atoms with Crippen LogP contribution in [0.25, 0.3) is 0 Å². The fraction of sp³-hybridized carbons (Fsp3) is 0.538. The van der Waals surface area contributed by atoms with E-state index in [-0.39, 0.29) is 5.84 Å². The monoisotopic (exact) mass is 280 g/mol. The van der Waals surface area contributed by atoms with Crippen molar-refractivity contribution in [1.82, 2.24) is 4.98 Å². The minimum absolute atomic E-state index is 0.124. The molecule has 5 nitrogen and oxygen atoms in total. The van der Waals surface area contributed by atoms with Crippen molar-refractivity contribution < 1.29 is 5.21 Å². The fourth-order valence-electron chi connectivity index (χ4n) is 2.26. The minimum Gasteiger partial charge on any atom is -0.409 e. The van der Waals surface area contributed by atoms with E-state index in [1.54, 1.807) is 0 Å². The Hall–Kier alpha value is -1.43. The van der Waals surface area contributed by atoms with E-state index in [4.69, 9.17) is 10.9 Å². The third-order valence-electron chi connectivity index (χ3n) is 3.52. The van der Waals surface area contributed by atoms with Gasteiger partial charge in [0.25, 0.3) is 0 Å². The summed E-state index contributed by atoms with van der Waals surface area (Å²) < 4.78 is 0. The molecule has 19 heavy (non-hydrogen) atoms. The highest BCUT2D eigenvalue weighted by Gasteiger charge is 2.26. The van der Waals surface area contributed by atoms with Gasteiger partial charge < -0.3 is 15.8 Å². The Bertz CT molecular complexity index is 492. The number of aromatic nitrogens is 1. The third kappa shape index (κ3) is 2.94. The van der Waals surface area contributed by atoms with Gasteiger partial charge in [-0.25, -0.2) is 4.98 Å². The van der Waals surface area contributed by atoms with Crippen LogP contribution in [-0.2, 0) is 0 Å². The Labute approximate surface area is 117 Å². The molecule has 6 heteroatoms. The molecule has 0 aliphatic carbocycles. The summed E-state index contributed by atoms with van der Waals surface area (Å²) >= 11 is 1.99. The van der Waals surface area contributed by atoms with Crippen LogP contribution in [0, 0.1) is 6.92 Å². The van der Waals surface area contributed by atoms with Crippen molar-refractivity contribution in [3.05, 3.63) is 23.4 Å². The highest BCUT2D eigenvalue weighted by atomic mass is 32.2. The largest absolute Gasteiger partial charge is 0.409 e. The van der Waals surface area contributed by atoms with E-state index in [0.717, 1.165) is 23.8 Å². The number of oxime groups is 1. The van der Waals surface area contributed by atoms with E-state index < -0.39 is 0 Å². The van der Waals surface area contributed by atoms with Crippen LogP contribution in [0.4, 0.5) is 5.82 Å². The molecule has 0 saturated carbocycles. The van der Waals surface area contributed by atoms with Crippen molar-refractivity contribution in [3.8, 4) is 0 Å². The van der Waals surface area contributed by atoms with Gasteiger partial charge in [-0.15, -0.1) is 0 Å². The van der Waals surface area contributed by atoms with E-state index in [9.17, 15) is 0 Å². The molecule has 1 fully saturated rings. The Morgan fingerprint density at radius 2 is 2.26 bits per heavy atom. The van der Waals surface area contributed by atoms with Crippen LogP contribution >= 0.6 is 11.8 Å². The predicted molar refractivity (Wildman–Crippen MR) is 80.2 cm³/mol. The first-order valence-electron chi connectivity index (χ1n) is 6.37. The maximum absolute atomic E-state index is 8.80. The van der Waals surface area contributed by atoms with Crippen LogP contribution in [-0.4, -0.2) is 39.6 Å². The maximum Gasteiger partial charge on any atom is 0.170 e. The van der Waals surface area contributed by atoms with Crippen LogP contribution in [0.5, 0.6) is 0 Å². The normalized spacial score (nSPS) is 24.6. The van der Waals surface area contributed by atoms with E-state index >= 15 is 0 Å². The first-order chi connectivity index (χ1) is 9.02. The van der Waals surface area contributed by atoms with Crippen LogP contribution in [0.3, 0.4) is 0 Å². The number of hydrogen-bond acceptors (Lipinski definition) is 5. The van der Waals surface area contributed by atoms with Gasteiger partial charge in [0, 0.05) is 34.8 Å². The molecule has 104 valence electrons. The molecule has 2 unspecified atom stereocenters. The SMILES string of the molecule is Cc1cc(/C(N)=N/O)cc(N2CCSC(C)C2C)n1. The van der Waals surface area contributed by atoms with Gasteiger partial charge in [0.2, 0.25) is 0 Å². The highest BCUT2D eigenvalue weighted by Crippen LogP contribution is 2.28. The van der Waals surface area contributed by atoms with Gasteiger partial charge in [0.05, 0.1) is 0 Å². The number of nitrogens with two attached hydrogens (primary N) is 1. The zero-order valence-corrected chi connectivity index (χ0v) is 12.3. The molecule has 1 aromatic rings.